The molecule has 19 heavy (non-hydrogen) atoms. The van der Waals surface area contributed by atoms with Gasteiger partial charge in [-0.1, -0.05) is 53.5 Å². The Hall–Kier alpha value is -0.700. The average Bonchev–Trinajstić information content (AvgIpc) is 2.77. The molecule has 1 atom stereocenters. The normalized spacial score (nSPS) is 13.3. The molecule has 0 aliphatic carbocycles. The fraction of sp³-hybridized carbons (Fsp3) is 0.700. The van der Waals surface area contributed by atoms with Gasteiger partial charge in [0.25, 0.3) is 0 Å². The van der Waals surface area contributed by atoms with Gasteiger partial charge in [-0.25, -0.2) is 0 Å². The molecule has 4 nitrogen and oxygen atoms in total. The lowest BCUT2D eigenvalue weighted by molar-refractivity contribution is -0.138. The van der Waals surface area contributed by atoms with Gasteiger partial charge in [-0.2, -0.15) is 13.2 Å². The third kappa shape index (κ3) is 5.43. The van der Waals surface area contributed by atoms with E-state index in [1.165, 1.54) is 0 Å². The third-order valence-corrected chi connectivity index (χ3v) is 4.00. The maximum absolute atomic E-state index is 12.3. The highest BCUT2D eigenvalue weighted by atomic mass is 79.9. The second-order valence-corrected chi connectivity index (χ2v) is 5.95. The van der Waals surface area contributed by atoms with Crippen LogP contribution in [0.5, 0.6) is 0 Å². The molecule has 0 aliphatic rings. The molecule has 1 unspecified atom stereocenters. The minimum absolute atomic E-state index is 0.141. The van der Waals surface area contributed by atoms with E-state index >= 15 is 0 Å². The molecular formula is C10H13BrF3N3OS. The fourth-order valence-corrected chi connectivity index (χ4v) is 2.33. The van der Waals surface area contributed by atoms with Crippen LogP contribution in [0.3, 0.4) is 0 Å². The molecule has 108 valence electrons. The number of aromatic nitrogens is 2. The lowest BCUT2D eigenvalue weighted by atomic mass is 10.1. The second-order valence-electron chi connectivity index (χ2n) is 3.86. The van der Waals surface area contributed by atoms with Crippen LogP contribution >= 0.6 is 27.3 Å². The van der Waals surface area contributed by atoms with E-state index in [1.54, 1.807) is 0 Å². The summed E-state index contributed by atoms with van der Waals surface area (Å²) in [6.45, 7) is 2.04. The Labute approximate surface area is 120 Å². The summed E-state index contributed by atoms with van der Waals surface area (Å²) >= 11 is 3.51. The summed E-state index contributed by atoms with van der Waals surface area (Å²) in [5.74, 6) is -0.402. The Kier molecular flexibility index (Phi) is 6.18. The Morgan fingerprint density at radius 2 is 2.11 bits per heavy atom. The van der Waals surface area contributed by atoms with E-state index in [1.807, 2.05) is 6.92 Å². The second kappa shape index (κ2) is 7.18. The molecule has 0 spiro atoms. The highest BCUT2D eigenvalue weighted by Crippen LogP contribution is 2.33. The molecule has 1 N–H and O–H groups in total. The highest BCUT2D eigenvalue weighted by molar-refractivity contribution is 9.10. The van der Waals surface area contributed by atoms with Crippen LogP contribution in [-0.2, 0) is 11.0 Å². The third-order valence-electron chi connectivity index (χ3n) is 2.24. The van der Waals surface area contributed by atoms with E-state index in [0.717, 1.165) is 19.3 Å². The van der Waals surface area contributed by atoms with Gasteiger partial charge >= 0.3 is 6.18 Å². The van der Waals surface area contributed by atoms with Crippen molar-refractivity contribution in [3.05, 3.63) is 5.01 Å². The number of hydrogen-bond acceptors (Lipinski definition) is 4. The summed E-state index contributed by atoms with van der Waals surface area (Å²) in [4.78, 5) is 11.2. The standard InChI is InChI=1S/C10H13BrF3N3OS/c1-2-3-4-5-6(11)7(18)15-9-17-16-8(19-9)10(12,13)14/h6H,2-5H2,1H3,(H,15,17,18). The van der Waals surface area contributed by atoms with Gasteiger partial charge in [0.1, 0.15) is 0 Å². The first kappa shape index (κ1) is 16.4. The molecule has 1 amide bonds. The summed E-state index contributed by atoms with van der Waals surface area (Å²) in [6.07, 6.45) is -0.983. The van der Waals surface area contributed by atoms with Crippen molar-refractivity contribution in [3.63, 3.8) is 0 Å². The first-order valence-corrected chi connectivity index (χ1v) is 7.43. The number of carbonyl (C=O) groups is 1. The van der Waals surface area contributed by atoms with Crippen molar-refractivity contribution in [1.82, 2.24) is 10.2 Å². The van der Waals surface area contributed by atoms with Gasteiger partial charge in [0, 0.05) is 0 Å². The van der Waals surface area contributed by atoms with Crippen molar-refractivity contribution in [1.29, 1.82) is 0 Å². The van der Waals surface area contributed by atoms with Gasteiger partial charge < -0.3 is 0 Å². The molecule has 1 heterocycles. The average molecular weight is 360 g/mol. The van der Waals surface area contributed by atoms with Gasteiger partial charge in [0.05, 0.1) is 4.83 Å². The topological polar surface area (TPSA) is 54.9 Å². The molecule has 0 saturated carbocycles. The summed E-state index contributed by atoms with van der Waals surface area (Å²) < 4.78 is 36.9. The number of rotatable bonds is 6. The van der Waals surface area contributed by atoms with Crippen molar-refractivity contribution in [2.75, 3.05) is 5.32 Å². The van der Waals surface area contributed by atoms with Crippen LogP contribution in [-0.4, -0.2) is 20.9 Å². The summed E-state index contributed by atoms with van der Waals surface area (Å²) in [7, 11) is 0. The van der Waals surface area contributed by atoms with Crippen molar-refractivity contribution in [3.8, 4) is 0 Å². The van der Waals surface area contributed by atoms with E-state index in [0.29, 0.717) is 17.8 Å². The fourth-order valence-electron chi connectivity index (χ4n) is 1.28. The van der Waals surface area contributed by atoms with E-state index < -0.39 is 21.9 Å². The maximum atomic E-state index is 12.3. The highest BCUT2D eigenvalue weighted by Gasteiger charge is 2.35. The van der Waals surface area contributed by atoms with Crippen LogP contribution < -0.4 is 5.32 Å². The molecule has 0 bridgehead atoms. The molecule has 0 aromatic carbocycles. The number of unbranched alkanes of at least 4 members (excludes halogenated alkanes) is 2. The molecule has 1 rings (SSSR count). The van der Waals surface area contributed by atoms with E-state index in [-0.39, 0.29) is 5.13 Å². The lowest BCUT2D eigenvalue weighted by Crippen LogP contribution is -2.22. The minimum Gasteiger partial charge on any atom is -0.300 e. The van der Waals surface area contributed by atoms with Gasteiger partial charge in [0.15, 0.2) is 0 Å². The predicted molar refractivity (Wildman–Crippen MR) is 70.4 cm³/mol. The Balaban J connectivity index is 2.50. The van der Waals surface area contributed by atoms with Crippen molar-refractivity contribution < 1.29 is 18.0 Å². The summed E-state index contributed by atoms with van der Waals surface area (Å²) in [5, 5.41) is 7.40. The molecular weight excluding hydrogens is 347 g/mol. The first-order chi connectivity index (χ1) is 8.84. The number of hydrogen-bond donors (Lipinski definition) is 1. The number of nitrogens with zero attached hydrogens (tertiary/aromatic N) is 2. The smallest absolute Gasteiger partial charge is 0.300 e. The van der Waals surface area contributed by atoms with Gasteiger partial charge in [-0.05, 0) is 6.42 Å². The van der Waals surface area contributed by atoms with Gasteiger partial charge in [0.2, 0.25) is 16.0 Å². The maximum Gasteiger partial charge on any atom is 0.445 e. The zero-order chi connectivity index (χ0) is 14.5. The zero-order valence-electron chi connectivity index (χ0n) is 10.1. The molecule has 0 fully saturated rings. The van der Waals surface area contributed by atoms with Crippen LogP contribution in [0.1, 0.15) is 37.6 Å². The monoisotopic (exact) mass is 359 g/mol. The molecule has 1 aromatic rings. The Bertz CT molecular complexity index is 424. The number of alkyl halides is 4. The van der Waals surface area contributed by atoms with Gasteiger partial charge in [-0.3, -0.25) is 10.1 Å². The summed E-state index contributed by atoms with van der Waals surface area (Å²) in [6, 6.07) is 0. The van der Waals surface area contributed by atoms with Crippen LogP contribution in [0.15, 0.2) is 0 Å². The molecule has 9 heteroatoms. The zero-order valence-corrected chi connectivity index (χ0v) is 12.5. The SMILES string of the molecule is CCCCCC(Br)C(=O)Nc1nnc(C(F)(F)F)s1. The van der Waals surface area contributed by atoms with Crippen LogP contribution in [0.2, 0.25) is 0 Å². The quantitative estimate of drug-likeness (QED) is 0.620. The number of amides is 1. The van der Waals surface area contributed by atoms with Gasteiger partial charge in [-0.15, -0.1) is 10.2 Å². The number of halogens is 4. The van der Waals surface area contributed by atoms with Crippen LogP contribution in [0.4, 0.5) is 18.3 Å². The Morgan fingerprint density at radius 3 is 2.63 bits per heavy atom. The Morgan fingerprint density at radius 1 is 1.42 bits per heavy atom. The molecule has 1 aromatic heterocycles. The van der Waals surface area contributed by atoms with E-state index in [9.17, 15) is 18.0 Å². The molecule has 0 aliphatic heterocycles. The number of nitrogens with one attached hydrogen (secondary N) is 1. The van der Waals surface area contributed by atoms with Crippen molar-refractivity contribution >= 4 is 38.3 Å². The predicted octanol–water partition coefficient (Wildman–Crippen LogP) is 3.84. The largest absolute Gasteiger partial charge is 0.445 e. The van der Waals surface area contributed by atoms with Crippen LogP contribution in [0.25, 0.3) is 0 Å². The van der Waals surface area contributed by atoms with E-state index in [2.05, 4.69) is 31.4 Å². The lowest BCUT2D eigenvalue weighted by Gasteiger charge is -2.07. The van der Waals surface area contributed by atoms with Crippen molar-refractivity contribution in [2.24, 2.45) is 0 Å². The van der Waals surface area contributed by atoms with Crippen molar-refractivity contribution in [2.45, 2.75) is 43.6 Å². The van der Waals surface area contributed by atoms with E-state index in [4.69, 9.17) is 0 Å². The molecule has 0 radical (unpaired) electrons. The first-order valence-electron chi connectivity index (χ1n) is 5.70. The number of carbonyl (C=O) groups excluding carboxylic acids is 1. The summed E-state index contributed by atoms with van der Waals surface area (Å²) in [5.41, 5.74) is 0. The molecule has 0 saturated heterocycles. The van der Waals surface area contributed by atoms with Crippen LogP contribution in [0, 0.1) is 0 Å². The number of anilines is 1. The minimum atomic E-state index is -4.53.